The molecule has 0 saturated heterocycles. The molecule has 0 fully saturated rings. The predicted molar refractivity (Wildman–Crippen MR) is 108 cm³/mol. The lowest BCUT2D eigenvalue weighted by Gasteiger charge is -2.12. The summed E-state index contributed by atoms with van der Waals surface area (Å²) in [5, 5.41) is 14.1. The first kappa shape index (κ1) is 20.8. The van der Waals surface area contributed by atoms with Gasteiger partial charge in [-0.25, -0.2) is 0 Å². The lowest BCUT2D eigenvalue weighted by atomic mass is 10.2. The Morgan fingerprint density at radius 1 is 1.06 bits per heavy atom. The number of anilines is 1. The molecule has 32 heavy (non-hydrogen) atoms. The maximum Gasteiger partial charge on any atom is 0.573 e. The maximum absolute atomic E-state index is 13.1. The van der Waals surface area contributed by atoms with Crippen molar-refractivity contribution in [2.45, 2.75) is 6.36 Å². The van der Waals surface area contributed by atoms with Crippen molar-refractivity contribution in [2.24, 2.45) is 0 Å². The number of hydrogen-bond donors (Lipinski definition) is 1. The number of aromatic nitrogens is 4. The van der Waals surface area contributed by atoms with E-state index in [0.717, 1.165) is 12.1 Å². The number of tetrazole rings is 1. The first-order valence-electron chi connectivity index (χ1n) is 9.15. The summed E-state index contributed by atoms with van der Waals surface area (Å²) < 4.78 is 47.9. The third kappa shape index (κ3) is 5.01. The molecule has 1 amide bonds. The average molecular weight is 441 g/mol. The lowest BCUT2D eigenvalue weighted by molar-refractivity contribution is -0.274. The van der Waals surface area contributed by atoms with E-state index in [2.05, 4.69) is 25.6 Å². The monoisotopic (exact) mass is 441 g/mol. The topological polar surface area (TPSA) is 95.1 Å². The molecule has 4 rings (SSSR count). The summed E-state index contributed by atoms with van der Waals surface area (Å²) >= 11 is 0. The van der Waals surface area contributed by atoms with E-state index in [9.17, 15) is 18.0 Å². The zero-order valence-electron chi connectivity index (χ0n) is 16.2. The van der Waals surface area contributed by atoms with Crippen LogP contribution >= 0.6 is 0 Å². The largest absolute Gasteiger partial charge is 0.573 e. The van der Waals surface area contributed by atoms with E-state index < -0.39 is 18.0 Å². The van der Waals surface area contributed by atoms with Crippen LogP contribution in [0.1, 0.15) is 5.76 Å². The van der Waals surface area contributed by atoms with Crippen molar-refractivity contribution in [1.82, 2.24) is 20.2 Å². The van der Waals surface area contributed by atoms with Gasteiger partial charge in [-0.05, 0) is 34.7 Å². The van der Waals surface area contributed by atoms with Crippen molar-refractivity contribution in [3.8, 4) is 17.1 Å². The quantitative estimate of drug-likeness (QED) is 0.444. The van der Waals surface area contributed by atoms with Crippen LogP contribution in [0.15, 0.2) is 77.4 Å². The predicted octanol–water partition coefficient (Wildman–Crippen LogP) is 4.47. The van der Waals surface area contributed by atoms with Crippen molar-refractivity contribution >= 4 is 23.4 Å². The fourth-order valence-corrected chi connectivity index (χ4v) is 2.81. The minimum Gasteiger partial charge on any atom is -0.465 e. The summed E-state index contributed by atoms with van der Waals surface area (Å²) in [7, 11) is 0. The van der Waals surface area contributed by atoms with Crippen LogP contribution in [0.5, 0.6) is 5.75 Å². The normalized spacial score (nSPS) is 11.9. The van der Waals surface area contributed by atoms with Crippen LogP contribution in [0.3, 0.4) is 0 Å². The third-order valence-electron chi connectivity index (χ3n) is 4.11. The fraction of sp³-hybridized carbons (Fsp3) is 0.0476. The molecule has 0 aliphatic rings. The van der Waals surface area contributed by atoms with Gasteiger partial charge in [0, 0.05) is 23.4 Å². The molecule has 0 spiro atoms. The van der Waals surface area contributed by atoms with Crippen molar-refractivity contribution in [3.63, 3.8) is 0 Å². The Morgan fingerprint density at radius 3 is 2.59 bits per heavy atom. The van der Waals surface area contributed by atoms with Gasteiger partial charge >= 0.3 is 6.36 Å². The number of nitrogens with zero attached hydrogens (tertiary/aromatic N) is 4. The molecule has 1 N–H and O–H groups in total. The van der Waals surface area contributed by atoms with Crippen LogP contribution in [0.4, 0.5) is 18.9 Å². The molecule has 0 unspecified atom stereocenters. The Bertz CT molecular complexity index is 1240. The Labute approximate surface area is 178 Å². The summed E-state index contributed by atoms with van der Waals surface area (Å²) in [4.78, 5) is 13.1. The molecule has 2 aromatic heterocycles. The average Bonchev–Trinajstić information content (AvgIpc) is 3.43. The van der Waals surface area contributed by atoms with E-state index in [1.54, 1.807) is 36.4 Å². The number of furan rings is 1. The highest BCUT2D eigenvalue weighted by atomic mass is 19.4. The van der Waals surface area contributed by atoms with Gasteiger partial charge in [0.1, 0.15) is 17.2 Å². The number of hydrogen-bond acceptors (Lipinski definition) is 6. The van der Waals surface area contributed by atoms with Gasteiger partial charge in [-0.1, -0.05) is 36.4 Å². The van der Waals surface area contributed by atoms with E-state index in [1.807, 2.05) is 6.07 Å². The molecule has 0 radical (unpaired) electrons. The molecule has 2 heterocycles. The third-order valence-corrected chi connectivity index (χ3v) is 4.11. The number of benzene rings is 2. The highest BCUT2D eigenvalue weighted by Gasteiger charge is 2.31. The summed E-state index contributed by atoms with van der Waals surface area (Å²) in [6, 6.07) is 17.1. The Kier molecular flexibility index (Phi) is 5.71. The molecule has 2 aromatic carbocycles. The molecule has 0 bridgehead atoms. The van der Waals surface area contributed by atoms with Gasteiger partial charge in [0.25, 0.3) is 5.91 Å². The zero-order chi connectivity index (χ0) is 22.6. The number of amides is 1. The second-order valence-electron chi connectivity index (χ2n) is 6.36. The number of nitrogens with one attached hydrogen (secondary N) is 1. The highest BCUT2D eigenvalue weighted by molar-refractivity contribution is 6.24. The molecular formula is C21H14F3N5O3. The first-order chi connectivity index (χ1) is 15.4. The van der Waals surface area contributed by atoms with Crippen LogP contribution in [-0.4, -0.2) is 32.5 Å². The SMILES string of the molecule is O=C(Nc1cccc(OC(F)(F)F)c1)/C(=C/c1ccco1)n1nnnc1-c1ccccc1. The van der Waals surface area contributed by atoms with Crippen LogP contribution in [0, 0.1) is 0 Å². The first-order valence-corrected chi connectivity index (χ1v) is 9.15. The van der Waals surface area contributed by atoms with E-state index in [-0.39, 0.29) is 17.2 Å². The van der Waals surface area contributed by atoms with Crippen LogP contribution < -0.4 is 10.1 Å². The van der Waals surface area contributed by atoms with Gasteiger partial charge in [-0.15, -0.1) is 18.3 Å². The van der Waals surface area contributed by atoms with Gasteiger partial charge in [0.15, 0.2) is 5.82 Å². The minimum atomic E-state index is -4.86. The van der Waals surface area contributed by atoms with Gasteiger partial charge < -0.3 is 14.5 Å². The molecule has 11 heteroatoms. The fourth-order valence-electron chi connectivity index (χ4n) is 2.81. The van der Waals surface area contributed by atoms with Crippen LogP contribution in [-0.2, 0) is 4.79 Å². The van der Waals surface area contributed by atoms with E-state index in [1.165, 1.54) is 29.2 Å². The highest BCUT2D eigenvalue weighted by Crippen LogP contribution is 2.26. The minimum absolute atomic E-state index is 0.0223. The molecule has 0 aliphatic carbocycles. The smallest absolute Gasteiger partial charge is 0.465 e. The summed E-state index contributed by atoms with van der Waals surface area (Å²) in [5.41, 5.74) is 0.707. The standard InChI is InChI=1S/C21H14F3N5O3/c22-21(23,24)32-17-9-4-8-15(12-17)25-20(30)18(13-16-10-5-11-31-16)29-19(26-27-28-29)14-6-2-1-3-7-14/h1-13H,(H,25,30)/b18-13-. The summed E-state index contributed by atoms with van der Waals surface area (Å²) in [6.45, 7) is 0. The molecule has 0 aliphatic heterocycles. The van der Waals surface area contributed by atoms with E-state index in [4.69, 9.17) is 4.42 Å². The van der Waals surface area contributed by atoms with Crippen molar-refractivity contribution in [3.05, 3.63) is 78.8 Å². The Morgan fingerprint density at radius 2 is 1.88 bits per heavy atom. The lowest BCUT2D eigenvalue weighted by Crippen LogP contribution is -2.20. The number of rotatable bonds is 6. The van der Waals surface area contributed by atoms with Gasteiger partial charge in [-0.3, -0.25) is 4.79 Å². The molecule has 0 saturated carbocycles. The molecule has 162 valence electrons. The van der Waals surface area contributed by atoms with Gasteiger partial charge in [0.05, 0.1) is 6.26 Å². The second-order valence-corrected chi connectivity index (χ2v) is 6.36. The number of halogens is 3. The molecular weight excluding hydrogens is 427 g/mol. The van der Waals surface area contributed by atoms with Crippen LogP contribution in [0.25, 0.3) is 23.2 Å². The van der Waals surface area contributed by atoms with Crippen molar-refractivity contribution in [1.29, 1.82) is 0 Å². The maximum atomic E-state index is 13.1. The van der Waals surface area contributed by atoms with Gasteiger partial charge in [0.2, 0.25) is 0 Å². The second kappa shape index (κ2) is 8.76. The Hall–Kier alpha value is -4.41. The Balaban J connectivity index is 1.69. The van der Waals surface area contributed by atoms with Crippen LogP contribution in [0.2, 0.25) is 0 Å². The van der Waals surface area contributed by atoms with E-state index in [0.29, 0.717) is 11.3 Å². The number of alkyl halides is 3. The summed E-state index contributed by atoms with van der Waals surface area (Å²) in [6.07, 6.45) is -2.02. The number of carbonyl (C=O) groups is 1. The summed E-state index contributed by atoms with van der Waals surface area (Å²) in [5.74, 6) is -0.527. The number of ether oxygens (including phenoxy) is 1. The number of carbonyl (C=O) groups excluding carboxylic acids is 1. The van der Waals surface area contributed by atoms with Crippen molar-refractivity contribution < 1.29 is 27.1 Å². The molecule has 8 nitrogen and oxygen atoms in total. The van der Waals surface area contributed by atoms with Gasteiger partial charge in [-0.2, -0.15) is 4.68 Å². The molecule has 4 aromatic rings. The van der Waals surface area contributed by atoms with Crippen molar-refractivity contribution in [2.75, 3.05) is 5.32 Å². The molecule has 0 atom stereocenters. The zero-order valence-corrected chi connectivity index (χ0v) is 16.2. The van der Waals surface area contributed by atoms with E-state index >= 15 is 0 Å².